The fourth-order valence-corrected chi connectivity index (χ4v) is 0.938. The molecule has 0 aliphatic rings. The predicted molar refractivity (Wildman–Crippen MR) is 59.7 cm³/mol. The van der Waals surface area contributed by atoms with Gasteiger partial charge in [-0.05, 0) is 12.8 Å². The molecule has 0 aliphatic carbocycles. The molecule has 0 atom stereocenters. The number of alkyl carbamates (subject to hydrolysis) is 1. The average Bonchev–Trinajstić information content (AvgIpc) is 2.83. The van der Waals surface area contributed by atoms with Gasteiger partial charge in [0, 0.05) is 0 Å². The van der Waals surface area contributed by atoms with Gasteiger partial charge in [0.05, 0.1) is 20.3 Å². The maximum atomic E-state index is 11.2. The summed E-state index contributed by atoms with van der Waals surface area (Å²) in [7, 11) is 1.25. The van der Waals surface area contributed by atoms with Gasteiger partial charge in [0.15, 0.2) is 5.69 Å². The van der Waals surface area contributed by atoms with E-state index in [0.29, 0.717) is 0 Å². The number of rotatable bonds is 3. The van der Waals surface area contributed by atoms with Crippen molar-refractivity contribution in [3.63, 3.8) is 0 Å². The topological polar surface area (TPSA) is 90.7 Å². The van der Waals surface area contributed by atoms with Crippen molar-refractivity contribution in [2.75, 3.05) is 20.3 Å². The second-order valence-corrected chi connectivity index (χ2v) is 2.91. The second-order valence-electron chi connectivity index (χ2n) is 2.91. The molecule has 1 aromatic rings. The normalized spacial score (nSPS) is 9.00. The van der Waals surface area contributed by atoms with E-state index < -0.39 is 12.1 Å². The number of oxazole rings is 1. The smallest absolute Gasteiger partial charge is 0.407 e. The molecule has 1 heterocycles. The van der Waals surface area contributed by atoms with Crippen molar-refractivity contribution >= 4 is 12.1 Å². The molecule has 18 heavy (non-hydrogen) atoms. The van der Waals surface area contributed by atoms with Gasteiger partial charge in [-0.3, -0.25) is 0 Å². The third kappa shape index (κ3) is 4.17. The van der Waals surface area contributed by atoms with Crippen molar-refractivity contribution in [1.82, 2.24) is 10.3 Å². The molecule has 0 fully saturated rings. The zero-order chi connectivity index (χ0) is 13.4. The van der Waals surface area contributed by atoms with Gasteiger partial charge < -0.3 is 19.2 Å². The maximum Gasteiger partial charge on any atom is 0.407 e. The summed E-state index contributed by atoms with van der Waals surface area (Å²) >= 11 is 0. The first kappa shape index (κ1) is 13.6. The van der Waals surface area contributed by atoms with Crippen molar-refractivity contribution < 1.29 is 23.5 Å². The van der Waals surface area contributed by atoms with Crippen molar-refractivity contribution in [2.24, 2.45) is 0 Å². The summed E-state index contributed by atoms with van der Waals surface area (Å²) in [5.41, 5.74) is 0.0575. The van der Waals surface area contributed by atoms with Crippen molar-refractivity contribution in [2.45, 2.75) is 6.92 Å². The lowest BCUT2D eigenvalue weighted by atomic mass is 10.5. The highest BCUT2D eigenvalue weighted by Gasteiger charge is 2.11. The van der Waals surface area contributed by atoms with Crippen LogP contribution in [0.25, 0.3) is 0 Å². The lowest BCUT2D eigenvalue weighted by Gasteiger charge is -1.95. The number of hydrogen-bond donors (Lipinski definition) is 1. The molecule has 0 aliphatic heterocycles. The number of methoxy groups -OCH3 is 1. The number of amides is 1. The van der Waals surface area contributed by atoms with E-state index in [1.807, 2.05) is 0 Å². The standard InChI is InChI=1S/C11H12N2O5/c1-3-17-10(14)8-7-18-9(13-8)5-4-6-12-11(15)16-2/h7H,3,6H2,1-2H3,(H,12,15). The second kappa shape index (κ2) is 6.96. The number of aromatic nitrogens is 1. The number of esters is 1. The predicted octanol–water partition coefficient (Wildman–Crippen LogP) is 0.559. The van der Waals surface area contributed by atoms with Crippen LogP contribution in [0.2, 0.25) is 0 Å². The summed E-state index contributed by atoms with van der Waals surface area (Å²) in [6.07, 6.45) is 0.583. The van der Waals surface area contributed by atoms with Crippen LogP contribution in [0.3, 0.4) is 0 Å². The third-order valence-corrected chi connectivity index (χ3v) is 1.69. The Morgan fingerprint density at radius 1 is 1.56 bits per heavy atom. The first-order chi connectivity index (χ1) is 8.67. The van der Waals surface area contributed by atoms with E-state index in [9.17, 15) is 9.59 Å². The van der Waals surface area contributed by atoms with E-state index in [-0.39, 0.29) is 24.7 Å². The molecule has 0 radical (unpaired) electrons. The van der Waals surface area contributed by atoms with E-state index in [1.165, 1.54) is 7.11 Å². The van der Waals surface area contributed by atoms with Crippen LogP contribution in [-0.4, -0.2) is 37.3 Å². The third-order valence-electron chi connectivity index (χ3n) is 1.69. The van der Waals surface area contributed by atoms with Crippen LogP contribution in [0.15, 0.2) is 10.7 Å². The van der Waals surface area contributed by atoms with Gasteiger partial charge >= 0.3 is 12.1 Å². The summed E-state index contributed by atoms with van der Waals surface area (Å²) in [4.78, 5) is 25.7. The quantitative estimate of drug-likeness (QED) is 0.624. The molecule has 0 unspecified atom stereocenters. The number of carbonyl (C=O) groups is 2. The Morgan fingerprint density at radius 2 is 2.33 bits per heavy atom. The van der Waals surface area contributed by atoms with Crippen molar-refractivity contribution in [3.05, 3.63) is 17.8 Å². The fourth-order valence-electron chi connectivity index (χ4n) is 0.938. The number of hydrogen-bond acceptors (Lipinski definition) is 6. The monoisotopic (exact) mass is 252 g/mol. The Morgan fingerprint density at radius 3 is 3.00 bits per heavy atom. The molecule has 0 aromatic carbocycles. The summed E-state index contributed by atoms with van der Waals surface area (Å²) < 4.78 is 14.0. The Bertz CT molecular complexity index is 483. The lowest BCUT2D eigenvalue weighted by molar-refractivity contribution is 0.0519. The number of carbonyl (C=O) groups excluding carboxylic acids is 2. The van der Waals surface area contributed by atoms with E-state index in [4.69, 9.17) is 9.15 Å². The number of ether oxygens (including phenoxy) is 2. The molecule has 1 amide bonds. The van der Waals surface area contributed by atoms with Crippen LogP contribution in [0.5, 0.6) is 0 Å². The summed E-state index contributed by atoms with van der Waals surface area (Å²) in [6, 6.07) is 0. The Hall–Kier alpha value is -2.49. The minimum absolute atomic E-state index is 0.0575. The SMILES string of the molecule is CCOC(=O)c1coc(C#CCNC(=O)OC)n1. The van der Waals surface area contributed by atoms with Crippen LogP contribution in [-0.2, 0) is 9.47 Å². The zero-order valence-electron chi connectivity index (χ0n) is 9.98. The molecule has 1 rings (SSSR count). The molecule has 7 heteroatoms. The molecule has 96 valence electrons. The van der Waals surface area contributed by atoms with Gasteiger partial charge in [0.2, 0.25) is 0 Å². The molecular formula is C11H12N2O5. The molecule has 0 saturated heterocycles. The van der Waals surface area contributed by atoms with E-state index in [1.54, 1.807) is 6.92 Å². The van der Waals surface area contributed by atoms with E-state index in [2.05, 4.69) is 26.9 Å². The van der Waals surface area contributed by atoms with Gasteiger partial charge in [-0.1, -0.05) is 5.92 Å². The summed E-state index contributed by atoms with van der Waals surface area (Å²) in [5.74, 6) is 4.62. The van der Waals surface area contributed by atoms with Crippen molar-refractivity contribution in [3.8, 4) is 11.8 Å². The van der Waals surface area contributed by atoms with Crippen LogP contribution < -0.4 is 5.32 Å². The zero-order valence-corrected chi connectivity index (χ0v) is 9.98. The van der Waals surface area contributed by atoms with Gasteiger partial charge in [0.1, 0.15) is 6.26 Å². The molecule has 0 bridgehead atoms. The van der Waals surface area contributed by atoms with Crippen LogP contribution in [0.4, 0.5) is 4.79 Å². The highest BCUT2D eigenvalue weighted by atomic mass is 16.5. The number of nitrogens with zero attached hydrogens (tertiary/aromatic N) is 1. The van der Waals surface area contributed by atoms with E-state index >= 15 is 0 Å². The highest BCUT2D eigenvalue weighted by Crippen LogP contribution is 2.02. The van der Waals surface area contributed by atoms with Gasteiger partial charge in [-0.2, -0.15) is 4.98 Å². The van der Waals surface area contributed by atoms with Crippen molar-refractivity contribution in [1.29, 1.82) is 0 Å². The van der Waals surface area contributed by atoms with Gasteiger partial charge in [0.25, 0.3) is 5.89 Å². The van der Waals surface area contributed by atoms with Gasteiger partial charge in [-0.15, -0.1) is 0 Å². The first-order valence-corrected chi connectivity index (χ1v) is 5.10. The van der Waals surface area contributed by atoms with Crippen LogP contribution >= 0.6 is 0 Å². The summed E-state index contributed by atoms with van der Waals surface area (Å²) in [5, 5.41) is 2.36. The maximum absolute atomic E-state index is 11.2. The highest BCUT2D eigenvalue weighted by molar-refractivity contribution is 5.86. The van der Waals surface area contributed by atoms with Gasteiger partial charge in [-0.25, -0.2) is 9.59 Å². The number of nitrogens with one attached hydrogen (secondary N) is 1. The molecule has 7 nitrogen and oxygen atoms in total. The molecule has 0 spiro atoms. The minimum atomic E-state index is -0.580. The summed E-state index contributed by atoms with van der Waals surface area (Å²) in [6.45, 7) is 2.04. The van der Waals surface area contributed by atoms with E-state index in [0.717, 1.165) is 6.26 Å². The Kier molecular flexibility index (Phi) is 5.25. The van der Waals surface area contributed by atoms with Crippen LogP contribution in [0, 0.1) is 11.8 Å². The largest absolute Gasteiger partial charge is 0.461 e. The fraction of sp³-hybridized carbons (Fsp3) is 0.364. The lowest BCUT2D eigenvalue weighted by Crippen LogP contribution is -2.22. The Labute approximate surface area is 103 Å². The minimum Gasteiger partial charge on any atom is -0.461 e. The Balaban J connectivity index is 2.51. The molecule has 0 saturated carbocycles. The molecule has 1 aromatic heterocycles. The van der Waals surface area contributed by atoms with Crippen LogP contribution in [0.1, 0.15) is 23.3 Å². The average molecular weight is 252 g/mol. The first-order valence-electron chi connectivity index (χ1n) is 5.10. The molecular weight excluding hydrogens is 240 g/mol. The molecule has 1 N–H and O–H groups in total.